The molecule has 0 saturated carbocycles. The second-order valence-electron chi connectivity index (χ2n) is 4.66. The van der Waals surface area contributed by atoms with E-state index < -0.39 is 23.2 Å². The summed E-state index contributed by atoms with van der Waals surface area (Å²) in [6.45, 7) is 6.45. The molecule has 0 aliphatic carbocycles. The van der Waals surface area contributed by atoms with Crippen LogP contribution in [0.4, 0.5) is 8.78 Å². The number of benzene rings is 1. The van der Waals surface area contributed by atoms with Crippen LogP contribution in [0.1, 0.15) is 36.7 Å². The monoisotopic (exact) mass is 306 g/mol. The topological polar surface area (TPSA) is 26.3 Å². The molecule has 0 saturated heterocycles. The van der Waals surface area contributed by atoms with E-state index in [1.165, 1.54) is 13.0 Å². The van der Waals surface area contributed by atoms with Crippen molar-refractivity contribution in [2.24, 2.45) is 0 Å². The highest BCUT2D eigenvalue weighted by molar-refractivity contribution is 9.10. The first-order valence-corrected chi connectivity index (χ1v) is 5.80. The third kappa shape index (κ3) is 3.25. The van der Waals surface area contributed by atoms with Crippen molar-refractivity contribution in [3.63, 3.8) is 0 Å². The molecule has 0 N–H and O–H groups in total. The number of carbonyl (C=O) groups excluding carboxylic acids is 1. The number of hydrogen-bond donors (Lipinski definition) is 0. The molecule has 0 bridgehead atoms. The summed E-state index contributed by atoms with van der Waals surface area (Å²) in [6.07, 6.45) is 0. The fraction of sp³-hybridized carbons (Fsp3) is 0.417. The highest BCUT2D eigenvalue weighted by Crippen LogP contribution is 2.26. The van der Waals surface area contributed by atoms with Crippen molar-refractivity contribution in [3.8, 4) is 0 Å². The zero-order valence-corrected chi connectivity index (χ0v) is 11.6. The van der Waals surface area contributed by atoms with Crippen LogP contribution in [0.15, 0.2) is 10.5 Å². The molecule has 0 atom stereocenters. The number of rotatable bonds is 1. The minimum absolute atomic E-state index is 0.0192. The number of carbonyl (C=O) groups is 1. The fourth-order valence-electron chi connectivity index (χ4n) is 1.23. The van der Waals surface area contributed by atoms with Crippen LogP contribution in [0.3, 0.4) is 0 Å². The summed E-state index contributed by atoms with van der Waals surface area (Å²) in [5.41, 5.74) is -0.716. The summed E-state index contributed by atoms with van der Waals surface area (Å²) in [4.78, 5) is 11.8. The average molecular weight is 307 g/mol. The van der Waals surface area contributed by atoms with Gasteiger partial charge in [0.2, 0.25) is 0 Å². The summed E-state index contributed by atoms with van der Waals surface area (Å²) in [7, 11) is 0. The number of hydrogen-bond acceptors (Lipinski definition) is 2. The third-order valence-corrected chi connectivity index (χ3v) is 2.60. The first-order valence-electron chi connectivity index (χ1n) is 5.01. The van der Waals surface area contributed by atoms with Crippen molar-refractivity contribution in [3.05, 3.63) is 33.3 Å². The van der Waals surface area contributed by atoms with Gasteiger partial charge in [-0.15, -0.1) is 0 Å². The first kappa shape index (κ1) is 14.1. The highest BCUT2D eigenvalue weighted by atomic mass is 79.9. The Bertz CT molecular complexity index is 465. The average Bonchev–Trinajstić information content (AvgIpc) is 2.17. The summed E-state index contributed by atoms with van der Waals surface area (Å²) in [5.74, 6) is -2.72. The smallest absolute Gasteiger partial charge is 0.339 e. The molecule has 0 amide bonds. The van der Waals surface area contributed by atoms with Crippen LogP contribution < -0.4 is 0 Å². The van der Waals surface area contributed by atoms with Gasteiger partial charge in [0.25, 0.3) is 0 Å². The molecular weight excluding hydrogens is 294 g/mol. The lowest BCUT2D eigenvalue weighted by Gasteiger charge is -2.20. The van der Waals surface area contributed by atoms with Gasteiger partial charge in [-0.25, -0.2) is 13.6 Å². The highest BCUT2D eigenvalue weighted by Gasteiger charge is 2.23. The molecule has 0 aliphatic heterocycles. The fourth-order valence-corrected chi connectivity index (χ4v) is 1.63. The zero-order valence-electron chi connectivity index (χ0n) is 10.0. The predicted octanol–water partition coefficient (Wildman–Crippen LogP) is 3.99. The van der Waals surface area contributed by atoms with E-state index in [1.807, 2.05) is 0 Å². The van der Waals surface area contributed by atoms with Gasteiger partial charge in [0.1, 0.15) is 5.60 Å². The summed E-state index contributed by atoms with van der Waals surface area (Å²) in [5, 5.41) is 0. The van der Waals surface area contributed by atoms with Crippen LogP contribution >= 0.6 is 15.9 Å². The predicted molar refractivity (Wildman–Crippen MR) is 64.0 cm³/mol. The molecule has 1 aromatic carbocycles. The van der Waals surface area contributed by atoms with Crippen molar-refractivity contribution in [1.82, 2.24) is 0 Å². The number of halogens is 3. The molecule has 0 spiro atoms. The molecular formula is C12H13BrF2O2. The van der Waals surface area contributed by atoms with E-state index in [0.29, 0.717) is 0 Å². The maximum atomic E-state index is 13.4. The van der Waals surface area contributed by atoms with Gasteiger partial charge in [0.15, 0.2) is 11.6 Å². The zero-order chi connectivity index (χ0) is 13.4. The van der Waals surface area contributed by atoms with Crippen LogP contribution in [0.25, 0.3) is 0 Å². The quantitative estimate of drug-likeness (QED) is 0.579. The molecule has 0 aliphatic rings. The van der Waals surface area contributed by atoms with Crippen molar-refractivity contribution >= 4 is 21.9 Å². The van der Waals surface area contributed by atoms with Gasteiger partial charge in [0, 0.05) is 5.56 Å². The van der Waals surface area contributed by atoms with E-state index in [1.54, 1.807) is 20.8 Å². The van der Waals surface area contributed by atoms with E-state index in [2.05, 4.69) is 15.9 Å². The lowest BCUT2D eigenvalue weighted by atomic mass is 10.1. The van der Waals surface area contributed by atoms with Gasteiger partial charge in [-0.2, -0.15) is 0 Å². The molecule has 94 valence electrons. The first-order chi connectivity index (χ1) is 7.63. The van der Waals surface area contributed by atoms with Gasteiger partial charge in [-0.3, -0.25) is 0 Å². The lowest BCUT2D eigenvalue weighted by Crippen LogP contribution is -2.24. The molecule has 1 rings (SSSR count). The summed E-state index contributed by atoms with van der Waals surface area (Å²) < 4.78 is 31.6. The molecule has 0 aromatic heterocycles. The maximum absolute atomic E-state index is 13.4. The molecule has 1 aromatic rings. The molecule has 0 unspecified atom stereocenters. The molecule has 0 heterocycles. The Hall–Kier alpha value is -0.970. The molecule has 2 nitrogen and oxygen atoms in total. The Morgan fingerprint density at radius 3 is 2.29 bits per heavy atom. The lowest BCUT2D eigenvalue weighted by molar-refractivity contribution is 0.00679. The molecule has 0 radical (unpaired) electrons. The number of ether oxygens (including phenoxy) is 1. The van der Waals surface area contributed by atoms with E-state index in [0.717, 1.165) is 0 Å². The molecule has 0 fully saturated rings. The Morgan fingerprint density at radius 1 is 1.29 bits per heavy atom. The van der Waals surface area contributed by atoms with E-state index in [-0.39, 0.29) is 15.6 Å². The Labute approximate surface area is 107 Å². The second kappa shape index (κ2) is 4.72. The van der Waals surface area contributed by atoms with Gasteiger partial charge in [-0.05, 0) is 49.7 Å². The maximum Gasteiger partial charge on any atom is 0.339 e. The normalized spacial score (nSPS) is 11.5. The van der Waals surface area contributed by atoms with Crippen molar-refractivity contribution in [2.45, 2.75) is 33.3 Å². The van der Waals surface area contributed by atoms with Crippen LogP contribution in [0, 0.1) is 18.6 Å². The Balaban J connectivity index is 3.20. The van der Waals surface area contributed by atoms with E-state index in [4.69, 9.17) is 4.74 Å². The third-order valence-electron chi connectivity index (χ3n) is 2.03. The van der Waals surface area contributed by atoms with Gasteiger partial charge in [-0.1, -0.05) is 0 Å². The summed E-state index contributed by atoms with van der Waals surface area (Å²) in [6, 6.07) is 1.22. The molecule has 17 heavy (non-hydrogen) atoms. The molecule has 5 heteroatoms. The summed E-state index contributed by atoms with van der Waals surface area (Å²) >= 11 is 2.86. The van der Waals surface area contributed by atoms with Crippen LogP contribution in [0.5, 0.6) is 0 Å². The van der Waals surface area contributed by atoms with E-state index >= 15 is 0 Å². The minimum Gasteiger partial charge on any atom is -0.456 e. The van der Waals surface area contributed by atoms with Crippen molar-refractivity contribution in [2.75, 3.05) is 0 Å². The second-order valence-corrected chi connectivity index (χ2v) is 5.52. The Kier molecular flexibility index (Phi) is 3.91. The van der Waals surface area contributed by atoms with Crippen molar-refractivity contribution in [1.29, 1.82) is 0 Å². The van der Waals surface area contributed by atoms with E-state index in [9.17, 15) is 13.6 Å². The standard InChI is InChI=1S/C12H13BrF2O2/c1-6-7(11(16)17-12(2,3)4)5-8(13)10(15)9(6)14/h5H,1-4H3. The van der Waals surface area contributed by atoms with Crippen LogP contribution in [-0.2, 0) is 4.74 Å². The van der Waals surface area contributed by atoms with Crippen LogP contribution in [-0.4, -0.2) is 11.6 Å². The minimum atomic E-state index is -1.04. The van der Waals surface area contributed by atoms with Gasteiger partial charge >= 0.3 is 5.97 Å². The largest absolute Gasteiger partial charge is 0.456 e. The Morgan fingerprint density at radius 2 is 1.82 bits per heavy atom. The van der Waals surface area contributed by atoms with Gasteiger partial charge in [0.05, 0.1) is 10.0 Å². The van der Waals surface area contributed by atoms with Crippen molar-refractivity contribution < 1.29 is 18.3 Å². The number of esters is 1. The SMILES string of the molecule is Cc1c(C(=O)OC(C)(C)C)cc(Br)c(F)c1F. The van der Waals surface area contributed by atoms with Crippen LogP contribution in [0.2, 0.25) is 0 Å². The van der Waals surface area contributed by atoms with Gasteiger partial charge < -0.3 is 4.74 Å².